The van der Waals surface area contributed by atoms with E-state index in [1.807, 2.05) is 6.26 Å². The van der Waals surface area contributed by atoms with Crippen molar-refractivity contribution in [1.82, 2.24) is 5.32 Å². The summed E-state index contributed by atoms with van der Waals surface area (Å²) in [5.41, 5.74) is -0.224. The van der Waals surface area contributed by atoms with Gasteiger partial charge < -0.3 is 15.7 Å². The smallest absolute Gasteiger partial charge is 0.335 e. The number of rotatable bonds is 8. The van der Waals surface area contributed by atoms with Gasteiger partial charge in [-0.15, -0.1) is 0 Å². The number of carboxylic acid groups (broad SMARTS) is 1. The molecule has 0 fully saturated rings. The molecule has 0 heterocycles. The minimum atomic E-state index is -1.17. The third-order valence-electron chi connectivity index (χ3n) is 2.77. The molecule has 0 unspecified atom stereocenters. The number of benzene rings is 1. The molecule has 7 heteroatoms. The van der Waals surface area contributed by atoms with Gasteiger partial charge in [0.25, 0.3) is 0 Å². The van der Waals surface area contributed by atoms with E-state index in [-0.39, 0.29) is 11.3 Å². The molecular weight excluding hydrogens is 295 g/mol. The molecule has 2 amide bonds. The SMILES string of the molecule is CSCCCCCNC(=O)Nc1cc(C(=O)O)ccc1F. The second-order valence-electron chi connectivity index (χ2n) is 4.43. The Kier molecular flexibility index (Phi) is 7.60. The third kappa shape index (κ3) is 6.48. The van der Waals surface area contributed by atoms with Gasteiger partial charge in [0.15, 0.2) is 0 Å². The van der Waals surface area contributed by atoms with Crippen molar-refractivity contribution in [1.29, 1.82) is 0 Å². The number of urea groups is 1. The minimum absolute atomic E-state index is 0.0798. The molecule has 1 rings (SSSR count). The van der Waals surface area contributed by atoms with Crippen LogP contribution in [0.15, 0.2) is 18.2 Å². The average molecular weight is 314 g/mol. The number of thioether (sulfide) groups is 1. The standard InChI is InChI=1S/C14H19FN2O3S/c1-21-8-4-2-3-7-16-14(20)17-12-9-10(13(18)19)5-6-11(12)15/h5-6,9H,2-4,7-8H2,1H3,(H,18,19)(H2,16,17,20). The van der Waals surface area contributed by atoms with Gasteiger partial charge in [-0.25, -0.2) is 14.0 Å². The highest BCUT2D eigenvalue weighted by Gasteiger charge is 2.10. The highest BCUT2D eigenvalue weighted by atomic mass is 32.2. The number of carbonyl (C=O) groups is 2. The van der Waals surface area contributed by atoms with E-state index in [0.29, 0.717) is 6.54 Å². The summed E-state index contributed by atoms with van der Waals surface area (Å²) in [5, 5.41) is 13.8. The first kappa shape index (κ1) is 17.3. The zero-order chi connectivity index (χ0) is 15.7. The van der Waals surface area contributed by atoms with E-state index < -0.39 is 17.8 Å². The first-order valence-electron chi connectivity index (χ1n) is 6.61. The highest BCUT2D eigenvalue weighted by molar-refractivity contribution is 7.98. The van der Waals surface area contributed by atoms with Crippen LogP contribution in [0, 0.1) is 5.82 Å². The number of nitrogens with one attached hydrogen (secondary N) is 2. The lowest BCUT2D eigenvalue weighted by Gasteiger charge is -2.09. The summed E-state index contributed by atoms with van der Waals surface area (Å²) in [6.45, 7) is 0.500. The first-order valence-corrected chi connectivity index (χ1v) is 8.00. The van der Waals surface area contributed by atoms with Gasteiger partial charge in [-0.05, 0) is 43.0 Å². The molecular formula is C14H19FN2O3S. The number of halogens is 1. The molecule has 0 radical (unpaired) electrons. The molecule has 0 bridgehead atoms. The summed E-state index contributed by atoms with van der Waals surface area (Å²) < 4.78 is 13.5. The lowest BCUT2D eigenvalue weighted by molar-refractivity contribution is 0.0697. The molecule has 1 aromatic rings. The van der Waals surface area contributed by atoms with Crippen molar-refractivity contribution >= 4 is 29.4 Å². The second-order valence-corrected chi connectivity index (χ2v) is 5.42. The fourth-order valence-electron chi connectivity index (χ4n) is 1.67. The van der Waals surface area contributed by atoms with Crippen LogP contribution in [0.5, 0.6) is 0 Å². The fourth-order valence-corrected chi connectivity index (χ4v) is 2.16. The Morgan fingerprint density at radius 3 is 2.71 bits per heavy atom. The first-order chi connectivity index (χ1) is 10.0. The number of carboxylic acids is 1. The topological polar surface area (TPSA) is 78.4 Å². The molecule has 5 nitrogen and oxygen atoms in total. The van der Waals surface area contributed by atoms with Gasteiger partial charge in [0.2, 0.25) is 0 Å². The van der Waals surface area contributed by atoms with Crippen molar-refractivity contribution in [2.45, 2.75) is 19.3 Å². The molecule has 0 spiro atoms. The van der Waals surface area contributed by atoms with Crippen molar-refractivity contribution in [3.8, 4) is 0 Å². The number of unbranched alkanes of at least 4 members (excludes halogenated alkanes) is 2. The number of hydrogen-bond acceptors (Lipinski definition) is 3. The zero-order valence-corrected chi connectivity index (χ0v) is 12.6. The summed E-state index contributed by atoms with van der Waals surface area (Å²) >= 11 is 1.78. The summed E-state index contributed by atoms with van der Waals surface area (Å²) in [6.07, 6.45) is 5.01. The highest BCUT2D eigenvalue weighted by Crippen LogP contribution is 2.16. The van der Waals surface area contributed by atoms with Crippen LogP contribution in [0.2, 0.25) is 0 Å². The van der Waals surface area contributed by atoms with Gasteiger partial charge in [0.05, 0.1) is 11.3 Å². The van der Waals surface area contributed by atoms with Crippen LogP contribution in [0.1, 0.15) is 29.6 Å². The maximum absolute atomic E-state index is 13.5. The molecule has 0 atom stereocenters. The van der Waals surface area contributed by atoms with Crippen LogP contribution in [0.4, 0.5) is 14.9 Å². The molecule has 0 saturated heterocycles. The Morgan fingerprint density at radius 1 is 1.29 bits per heavy atom. The Balaban J connectivity index is 2.40. The van der Waals surface area contributed by atoms with Crippen molar-refractivity contribution < 1.29 is 19.1 Å². The quantitative estimate of drug-likeness (QED) is 0.644. The summed E-state index contributed by atoms with van der Waals surface area (Å²) in [5.74, 6) is -0.748. The molecule has 0 aliphatic heterocycles. The monoisotopic (exact) mass is 314 g/mol. The minimum Gasteiger partial charge on any atom is -0.478 e. The molecule has 116 valence electrons. The Bertz CT molecular complexity index is 497. The largest absolute Gasteiger partial charge is 0.478 e. The molecule has 21 heavy (non-hydrogen) atoms. The van der Waals surface area contributed by atoms with Gasteiger partial charge in [0, 0.05) is 6.54 Å². The Morgan fingerprint density at radius 2 is 2.05 bits per heavy atom. The van der Waals surface area contributed by atoms with E-state index in [2.05, 4.69) is 10.6 Å². The van der Waals surface area contributed by atoms with E-state index in [1.54, 1.807) is 11.8 Å². The summed E-state index contributed by atoms with van der Waals surface area (Å²) in [6, 6.07) is 2.71. The van der Waals surface area contributed by atoms with Crippen LogP contribution in [0.25, 0.3) is 0 Å². The van der Waals surface area contributed by atoms with Crippen molar-refractivity contribution in [2.24, 2.45) is 0 Å². The van der Waals surface area contributed by atoms with Crippen LogP contribution in [0.3, 0.4) is 0 Å². The van der Waals surface area contributed by atoms with Gasteiger partial charge in [-0.1, -0.05) is 6.42 Å². The second kappa shape index (κ2) is 9.23. The number of hydrogen-bond donors (Lipinski definition) is 3. The lowest BCUT2D eigenvalue weighted by Crippen LogP contribution is -2.30. The zero-order valence-electron chi connectivity index (χ0n) is 11.8. The average Bonchev–Trinajstić information content (AvgIpc) is 2.44. The van der Waals surface area contributed by atoms with Gasteiger partial charge >= 0.3 is 12.0 Å². The van der Waals surface area contributed by atoms with E-state index >= 15 is 0 Å². The van der Waals surface area contributed by atoms with Crippen LogP contribution >= 0.6 is 11.8 Å². The molecule has 0 aromatic heterocycles. The Labute approximate surface area is 127 Å². The molecule has 0 aliphatic carbocycles. The fraction of sp³-hybridized carbons (Fsp3) is 0.429. The van der Waals surface area contributed by atoms with Crippen molar-refractivity contribution in [3.63, 3.8) is 0 Å². The third-order valence-corrected chi connectivity index (χ3v) is 3.47. The number of anilines is 1. The normalized spacial score (nSPS) is 10.2. The molecule has 0 aliphatic rings. The lowest BCUT2D eigenvalue weighted by atomic mass is 10.2. The summed E-state index contributed by atoms with van der Waals surface area (Å²) in [7, 11) is 0. The van der Waals surface area contributed by atoms with Crippen molar-refractivity contribution in [3.05, 3.63) is 29.6 Å². The van der Waals surface area contributed by atoms with Gasteiger partial charge in [-0.2, -0.15) is 11.8 Å². The molecule has 3 N–H and O–H groups in total. The number of aromatic carboxylic acids is 1. The van der Waals surface area contributed by atoms with Crippen LogP contribution < -0.4 is 10.6 Å². The predicted octanol–water partition coefficient (Wildman–Crippen LogP) is 3.18. The maximum Gasteiger partial charge on any atom is 0.335 e. The van der Waals surface area contributed by atoms with E-state index in [4.69, 9.17) is 5.11 Å². The van der Waals surface area contributed by atoms with E-state index in [1.165, 1.54) is 0 Å². The summed E-state index contributed by atoms with van der Waals surface area (Å²) in [4.78, 5) is 22.4. The molecule has 0 saturated carbocycles. The predicted molar refractivity (Wildman–Crippen MR) is 82.6 cm³/mol. The van der Waals surface area contributed by atoms with Gasteiger partial charge in [-0.3, -0.25) is 0 Å². The van der Waals surface area contributed by atoms with Crippen molar-refractivity contribution in [2.75, 3.05) is 23.9 Å². The van der Waals surface area contributed by atoms with E-state index in [9.17, 15) is 14.0 Å². The van der Waals surface area contributed by atoms with Gasteiger partial charge in [0.1, 0.15) is 5.82 Å². The molecule has 1 aromatic carbocycles. The number of carbonyl (C=O) groups excluding carboxylic acids is 1. The Hall–Kier alpha value is -1.76. The van der Waals surface area contributed by atoms with Crippen LogP contribution in [-0.2, 0) is 0 Å². The number of amides is 2. The van der Waals surface area contributed by atoms with E-state index in [0.717, 1.165) is 43.2 Å². The van der Waals surface area contributed by atoms with Crippen LogP contribution in [-0.4, -0.2) is 35.7 Å². The maximum atomic E-state index is 13.5.